The van der Waals surface area contributed by atoms with Crippen LogP contribution in [0.4, 0.5) is 0 Å². The van der Waals surface area contributed by atoms with E-state index in [1.165, 1.54) is 22.6 Å². The number of hydrogen-bond donors (Lipinski definition) is 2. The van der Waals surface area contributed by atoms with Gasteiger partial charge >= 0.3 is 0 Å². The van der Waals surface area contributed by atoms with Crippen molar-refractivity contribution in [2.45, 2.75) is 51.0 Å². The molecule has 152 valence electrons. The van der Waals surface area contributed by atoms with Gasteiger partial charge in [-0.05, 0) is 25.0 Å². The number of nitrogens with zero attached hydrogens (tertiary/aromatic N) is 1. The minimum atomic E-state index is -0.147. The van der Waals surface area contributed by atoms with Gasteiger partial charge in [0, 0.05) is 25.8 Å². The molecule has 1 aliphatic carbocycles. The number of furan rings is 1. The van der Waals surface area contributed by atoms with E-state index in [0.29, 0.717) is 6.54 Å². The fourth-order valence-electron chi connectivity index (χ4n) is 5.08. The summed E-state index contributed by atoms with van der Waals surface area (Å²) in [5.41, 5.74) is 0. The lowest BCUT2D eigenvalue weighted by Crippen LogP contribution is -3.11. The van der Waals surface area contributed by atoms with Crippen molar-refractivity contribution in [1.82, 2.24) is 10.2 Å². The maximum absolute atomic E-state index is 12.5. The second-order valence-corrected chi connectivity index (χ2v) is 8.31. The number of rotatable bonds is 7. The number of imide groups is 1. The van der Waals surface area contributed by atoms with E-state index < -0.39 is 0 Å². The van der Waals surface area contributed by atoms with Crippen LogP contribution >= 0.6 is 0 Å². The third kappa shape index (κ3) is 3.85. The Bertz CT molecular complexity index is 687. The molecule has 7 nitrogen and oxygen atoms in total. The minimum absolute atomic E-state index is 0.0718. The second kappa shape index (κ2) is 8.47. The molecule has 0 aromatic carbocycles. The summed E-state index contributed by atoms with van der Waals surface area (Å²) in [4.78, 5) is 40.2. The average molecular weight is 388 g/mol. The third-order valence-corrected chi connectivity index (χ3v) is 6.62. The Morgan fingerprint density at radius 1 is 1.14 bits per heavy atom. The summed E-state index contributed by atoms with van der Waals surface area (Å²) < 4.78 is 5.59. The highest BCUT2D eigenvalue weighted by molar-refractivity contribution is 6.05. The van der Waals surface area contributed by atoms with Crippen LogP contribution in [0.5, 0.6) is 0 Å². The molecular weight excluding hydrogens is 358 g/mol. The van der Waals surface area contributed by atoms with Crippen LogP contribution in [0, 0.1) is 11.8 Å². The van der Waals surface area contributed by atoms with Gasteiger partial charge in [-0.15, -0.1) is 0 Å². The lowest BCUT2D eigenvalue weighted by molar-refractivity contribution is -0.919. The van der Waals surface area contributed by atoms with Gasteiger partial charge in [0.15, 0.2) is 11.8 Å². The van der Waals surface area contributed by atoms with Crippen LogP contribution in [0.15, 0.2) is 22.8 Å². The molecule has 0 spiro atoms. The Kier molecular flexibility index (Phi) is 5.80. The van der Waals surface area contributed by atoms with E-state index in [9.17, 15) is 14.4 Å². The number of nitrogens with one attached hydrogen (secondary N) is 2. The zero-order valence-corrected chi connectivity index (χ0v) is 16.3. The average Bonchev–Trinajstić information content (AvgIpc) is 3.45. The Labute approximate surface area is 165 Å². The van der Waals surface area contributed by atoms with E-state index in [0.717, 1.165) is 44.5 Å². The molecule has 3 amide bonds. The third-order valence-electron chi connectivity index (χ3n) is 6.62. The molecule has 0 radical (unpaired) electrons. The van der Waals surface area contributed by atoms with E-state index in [-0.39, 0.29) is 48.6 Å². The lowest BCUT2D eigenvalue weighted by Gasteiger charge is -2.23. The van der Waals surface area contributed by atoms with Crippen molar-refractivity contribution in [2.24, 2.45) is 11.8 Å². The van der Waals surface area contributed by atoms with Gasteiger partial charge < -0.3 is 14.6 Å². The van der Waals surface area contributed by atoms with Crippen molar-refractivity contribution in [3.05, 3.63) is 24.2 Å². The fourth-order valence-corrected chi connectivity index (χ4v) is 5.08. The Balaban J connectivity index is 1.29. The van der Waals surface area contributed by atoms with Crippen LogP contribution in [0.25, 0.3) is 0 Å². The van der Waals surface area contributed by atoms with Gasteiger partial charge in [-0.1, -0.05) is 12.8 Å². The Hall–Kier alpha value is -2.15. The van der Waals surface area contributed by atoms with E-state index >= 15 is 0 Å². The predicted octanol–water partition coefficient (Wildman–Crippen LogP) is 0.681. The van der Waals surface area contributed by atoms with Crippen LogP contribution < -0.4 is 10.2 Å². The molecule has 2 aliphatic heterocycles. The number of hydrogen-bond acceptors (Lipinski definition) is 4. The molecule has 1 aromatic heterocycles. The first-order valence-electron chi connectivity index (χ1n) is 10.6. The molecule has 3 heterocycles. The zero-order valence-electron chi connectivity index (χ0n) is 16.3. The Morgan fingerprint density at radius 2 is 1.82 bits per heavy atom. The number of fused-ring (bicyclic) bond motifs is 1. The standard InChI is InChI=1S/C21H29N3O4/c25-19(9-12-24-20(26)15-6-1-2-7-16(15)21(24)27)22-14-17(18-8-5-13-28-18)23-10-3-4-11-23/h5,8,13,15-17H,1-4,6-7,9-12,14H2,(H,22,25)/p+1/t15-,16+,17-/m0/s1. The number of carbonyl (C=O) groups excluding carboxylic acids is 3. The first kappa shape index (κ1) is 19.2. The Morgan fingerprint density at radius 3 is 2.43 bits per heavy atom. The fraction of sp³-hybridized carbons (Fsp3) is 0.667. The van der Waals surface area contributed by atoms with E-state index in [1.807, 2.05) is 12.1 Å². The molecule has 0 bridgehead atoms. The largest absolute Gasteiger partial charge is 0.463 e. The topological polar surface area (TPSA) is 84.1 Å². The number of quaternary nitrogens is 1. The normalized spacial score (nSPS) is 26.5. The predicted molar refractivity (Wildman–Crippen MR) is 101 cm³/mol. The van der Waals surface area contributed by atoms with Gasteiger partial charge in [0.05, 0.1) is 37.7 Å². The highest BCUT2D eigenvalue weighted by Gasteiger charge is 2.47. The summed E-state index contributed by atoms with van der Waals surface area (Å²) in [6.45, 7) is 2.87. The number of likely N-dealkylation sites (tertiary alicyclic amines) is 2. The maximum Gasteiger partial charge on any atom is 0.233 e. The highest BCUT2D eigenvalue weighted by Crippen LogP contribution is 2.37. The summed E-state index contributed by atoms with van der Waals surface area (Å²) in [5.74, 6) is 0.338. The summed E-state index contributed by atoms with van der Waals surface area (Å²) >= 11 is 0. The first-order valence-corrected chi connectivity index (χ1v) is 10.6. The van der Waals surface area contributed by atoms with Crippen LogP contribution in [0.1, 0.15) is 56.7 Å². The molecule has 0 unspecified atom stereocenters. The molecule has 2 saturated heterocycles. The SMILES string of the molecule is O=C(CCN1C(=O)[C@H]2CCCC[C@H]2C1=O)NC[C@@H](c1ccco1)[NH+]1CCCC1. The van der Waals surface area contributed by atoms with Crippen LogP contribution in [0.2, 0.25) is 0 Å². The molecular formula is C21H30N3O4+. The van der Waals surface area contributed by atoms with Crippen molar-refractivity contribution >= 4 is 17.7 Å². The van der Waals surface area contributed by atoms with E-state index in [4.69, 9.17) is 4.42 Å². The van der Waals surface area contributed by atoms with Crippen LogP contribution in [-0.2, 0) is 14.4 Å². The monoisotopic (exact) mass is 388 g/mol. The minimum Gasteiger partial charge on any atom is -0.463 e. The molecule has 3 fully saturated rings. The smallest absolute Gasteiger partial charge is 0.233 e. The van der Waals surface area contributed by atoms with Gasteiger partial charge in [0.25, 0.3) is 0 Å². The molecule has 1 aromatic rings. The van der Waals surface area contributed by atoms with Gasteiger partial charge in [0.1, 0.15) is 0 Å². The van der Waals surface area contributed by atoms with Gasteiger partial charge in [-0.25, -0.2) is 0 Å². The lowest BCUT2D eigenvalue weighted by atomic mass is 9.81. The second-order valence-electron chi connectivity index (χ2n) is 8.31. The van der Waals surface area contributed by atoms with Crippen molar-refractivity contribution in [1.29, 1.82) is 0 Å². The quantitative estimate of drug-likeness (QED) is 0.673. The van der Waals surface area contributed by atoms with Gasteiger partial charge in [-0.2, -0.15) is 0 Å². The first-order chi connectivity index (χ1) is 13.6. The maximum atomic E-state index is 12.5. The van der Waals surface area contributed by atoms with Crippen molar-refractivity contribution in [3.8, 4) is 0 Å². The molecule has 1 saturated carbocycles. The molecule has 28 heavy (non-hydrogen) atoms. The van der Waals surface area contributed by atoms with Crippen molar-refractivity contribution < 1.29 is 23.7 Å². The summed E-state index contributed by atoms with van der Waals surface area (Å²) in [5, 5.41) is 3.00. The van der Waals surface area contributed by atoms with Crippen LogP contribution in [-0.4, -0.2) is 48.8 Å². The number of carbonyl (C=O) groups is 3. The van der Waals surface area contributed by atoms with Gasteiger partial charge in [-0.3, -0.25) is 19.3 Å². The molecule has 4 rings (SSSR count). The van der Waals surface area contributed by atoms with Crippen molar-refractivity contribution in [3.63, 3.8) is 0 Å². The molecule has 3 aliphatic rings. The molecule has 2 N–H and O–H groups in total. The molecule has 7 heteroatoms. The summed E-state index contributed by atoms with van der Waals surface area (Å²) in [6, 6.07) is 3.95. The summed E-state index contributed by atoms with van der Waals surface area (Å²) in [6.07, 6.45) is 7.87. The van der Waals surface area contributed by atoms with E-state index in [1.54, 1.807) is 6.26 Å². The van der Waals surface area contributed by atoms with Gasteiger partial charge in [0.2, 0.25) is 17.7 Å². The molecule has 3 atom stereocenters. The highest BCUT2D eigenvalue weighted by atomic mass is 16.3. The van der Waals surface area contributed by atoms with Crippen molar-refractivity contribution in [2.75, 3.05) is 26.2 Å². The van der Waals surface area contributed by atoms with E-state index in [2.05, 4.69) is 5.32 Å². The number of amides is 3. The van der Waals surface area contributed by atoms with Crippen LogP contribution in [0.3, 0.4) is 0 Å². The summed E-state index contributed by atoms with van der Waals surface area (Å²) in [7, 11) is 0. The zero-order chi connectivity index (χ0) is 19.5.